The standard InChI is InChI=1S/C14H22N2O3S/c1-14(2)7-4-8-16(10-14)20(17,18)13-6-5-11(15)9-12(13)19-3/h5-6,9H,4,7-8,10,15H2,1-3H3. The van der Waals surface area contributed by atoms with Gasteiger partial charge in [0, 0.05) is 24.8 Å². The lowest BCUT2D eigenvalue weighted by Crippen LogP contribution is -2.43. The summed E-state index contributed by atoms with van der Waals surface area (Å²) in [7, 11) is -2.09. The Bertz CT molecular complexity index is 596. The molecule has 112 valence electrons. The number of anilines is 1. The molecule has 0 aliphatic carbocycles. The number of hydrogen-bond donors (Lipinski definition) is 1. The van der Waals surface area contributed by atoms with Gasteiger partial charge in [0.25, 0.3) is 0 Å². The molecule has 0 amide bonds. The lowest BCUT2D eigenvalue weighted by Gasteiger charge is -2.37. The van der Waals surface area contributed by atoms with Gasteiger partial charge >= 0.3 is 0 Å². The highest BCUT2D eigenvalue weighted by atomic mass is 32.2. The number of sulfonamides is 1. The van der Waals surface area contributed by atoms with E-state index < -0.39 is 10.0 Å². The SMILES string of the molecule is COc1cc(N)ccc1S(=O)(=O)N1CCCC(C)(C)C1. The number of rotatable bonds is 3. The number of hydrogen-bond acceptors (Lipinski definition) is 4. The molecule has 0 bridgehead atoms. The molecule has 6 heteroatoms. The summed E-state index contributed by atoms with van der Waals surface area (Å²) < 4.78 is 32.3. The van der Waals surface area contributed by atoms with Crippen LogP contribution in [0.4, 0.5) is 5.69 Å². The van der Waals surface area contributed by atoms with Crippen LogP contribution in [-0.4, -0.2) is 32.9 Å². The molecular formula is C14H22N2O3S. The molecule has 0 radical (unpaired) electrons. The van der Waals surface area contributed by atoms with Crippen molar-refractivity contribution in [1.29, 1.82) is 0 Å². The normalized spacial score (nSPS) is 19.8. The van der Waals surface area contributed by atoms with Gasteiger partial charge in [-0.15, -0.1) is 0 Å². The summed E-state index contributed by atoms with van der Waals surface area (Å²) in [6, 6.07) is 4.65. The van der Waals surface area contributed by atoms with E-state index in [0.717, 1.165) is 12.8 Å². The predicted molar refractivity (Wildman–Crippen MR) is 79.2 cm³/mol. The average molecular weight is 298 g/mol. The molecule has 1 fully saturated rings. The van der Waals surface area contributed by atoms with Crippen molar-refractivity contribution < 1.29 is 13.2 Å². The fourth-order valence-corrected chi connectivity index (χ4v) is 4.41. The number of nitrogen functional groups attached to an aromatic ring is 1. The second-order valence-corrected chi connectivity index (χ2v) is 7.92. The zero-order valence-electron chi connectivity index (χ0n) is 12.2. The molecule has 1 heterocycles. The summed E-state index contributed by atoms with van der Waals surface area (Å²) in [6.45, 7) is 5.27. The first-order valence-corrected chi connectivity index (χ1v) is 8.14. The Morgan fingerprint density at radius 3 is 2.65 bits per heavy atom. The average Bonchev–Trinajstić information content (AvgIpc) is 2.37. The van der Waals surface area contributed by atoms with Crippen LogP contribution >= 0.6 is 0 Å². The maximum absolute atomic E-state index is 12.8. The number of benzene rings is 1. The molecule has 1 aromatic carbocycles. The van der Waals surface area contributed by atoms with Crippen molar-refractivity contribution in [2.24, 2.45) is 5.41 Å². The number of ether oxygens (including phenoxy) is 1. The van der Waals surface area contributed by atoms with Crippen LogP contribution in [0.25, 0.3) is 0 Å². The van der Waals surface area contributed by atoms with Crippen molar-refractivity contribution in [3.05, 3.63) is 18.2 Å². The monoisotopic (exact) mass is 298 g/mol. The lowest BCUT2D eigenvalue weighted by atomic mass is 9.85. The van der Waals surface area contributed by atoms with E-state index in [1.165, 1.54) is 13.2 Å². The molecular weight excluding hydrogens is 276 g/mol. The van der Waals surface area contributed by atoms with Crippen LogP contribution in [0.5, 0.6) is 5.75 Å². The fourth-order valence-electron chi connectivity index (χ4n) is 2.61. The Morgan fingerprint density at radius 2 is 2.05 bits per heavy atom. The molecule has 0 unspecified atom stereocenters. The molecule has 1 aliphatic rings. The highest BCUT2D eigenvalue weighted by molar-refractivity contribution is 7.89. The first-order chi connectivity index (χ1) is 9.26. The third-order valence-corrected chi connectivity index (χ3v) is 5.56. The molecule has 2 rings (SSSR count). The van der Waals surface area contributed by atoms with Gasteiger partial charge in [0.05, 0.1) is 7.11 Å². The number of nitrogens with zero attached hydrogens (tertiary/aromatic N) is 1. The van der Waals surface area contributed by atoms with Crippen LogP contribution in [-0.2, 0) is 10.0 Å². The van der Waals surface area contributed by atoms with Crippen molar-refractivity contribution in [2.45, 2.75) is 31.6 Å². The zero-order chi connectivity index (χ0) is 15.0. The molecule has 1 saturated heterocycles. The van der Waals surface area contributed by atoms with E-state index in [2.05, 4.69) is 13.8 Å². The molecule has 1 aliphatic heterocycles. The highest BCUT2D eigenvalue weighted by Crippen LogP contribution is 2.34. The van der Waals surface area contributed by atoms with E-state index in [0.29, 0.717) is 24.5 Å². The Labute approximate surface area is 120 Å². The van der Waals surface area contributed by atoms with Crippen LogP contribution in [0.15, 0.2) is 23.1 Å². The van der Waals surface area contributed by atoms with Crippen molar-refractivity contribution in [1.82, 2.24) is 4.31 Å². The molecule has 2 N–H and O–H groups in total. The van der Waals surface area contributed by atoms with Crippen LogP contribution in [0.1, 0.15) is 26.7 Å². The van der Waals surface area contributed by atoms with Crippen LogP contribution in [0, 0.1) is 5.41 Å². The van der Waals surface area contributed by atoms with Crippen LogP contribution in [0.3, 0.4) is 0 Å². The molecule has 5 nitrogen and oxygen atoms in total. The van der Waals surface area contributed by atoms with Crippen molar-refractivity contribution in [2.75, 3.05) is 25.9 Å². The van der Waals surface area contributed by atoms with Gasteiger partial charge in [-0.05, 0) is 30.4 Å². The third-order valence-electron chi connectivity index (χ3n) is 3.67. The summed E-state index contributed by atoms with van der Waals surface area (Å²) in [5.74, 6) is 0.299. The third kappa shape index (κ3) is 2.91. The largest absolute Gasteiger partial charge is 0.495 e. The number of methoxy groups -OCH3 is 1. The molecule has 0 saturated carbocycles. The number of nitrogens with two attached hydrogens (primary N) is 1. The Morgan fingerprint density at radius 1 is 1.35 bits per heavy atom. The summed E-state index contributed by atoms with van der Waals surface area (Å²) >= 11 is 0. The Hall–Kier alpha value is -1.27. The lowest BCUT2D eigenvalue weighted by molar-refractivity contribution is 0.186. The maximum atomic E-state index is 12.8. The minimum absolute atomic E-state index is 0.00631. The smallest absolute Gasteiger partial charge is 0.246 e. The van der Waals surface area contributed by atoms with Gasteiger partial charge in [0.2, 0.25) is 10.0 Å². The molecule has 20 heavy (non-hydrogen) atoms. The van der Waals surface area contributed by atoms with Gasteiger partial charge in [0.1, 0.15) is 10.6 Å². The first kappa shape index (κ1) is 15.1. The molecule has 0 spiro atoms. The summed E-state index contributed by atoms with van der Waals surface area (Å²) in [5.41, 5.74) is 6.17. The van der Waals surface area contributed by atoms with Gasteiger partial charge in [-0.3, -0.25) is 0 Å². The van der Waals surface area contributed by atoms with Gasteiger partial charge in [-0.1, -0.05) is 13.8 Å². The molecule has 1 aromatic rings. The molecule has 0 aromatic heterocycles. The minimum atomic E-state index is -3.54. The molecule has 0 atom stereocenters. The van der Waals surface area contributed by atoms with Gasteiger partial charge in [-0.25, -0.2) is 8.42 Å². The summed E-state index contributed by atoms with van der Waals surface area (Å²) in [6.07, 6.45) is 1.92. The topological polar surface area (TPSA) is 72.6 Å². The van der Waals surface area contributed by atoms with E-state index >= 15 is 0 Å². The van der Waals surface area contributed by atoms with Crippen LogP contribution < -0.4 is 10.5 Å². The van der Waals surface area contributed by atoms with Crippen LogP contribution in [0.2, 0.25) is 0 Å². The Balaban J connectivity index is 2.40. The minimum Gasteiger partial charge on any atom is -0.495 e. The van der Waals surface area contributed by atoms with Crippen molar-refractivity contribution in [3.8, 4) is 5.75 Å². The Kier molecular flexibility index (Phi) is 3.97. The fraction of sp³-hybridized carbons (Fsp3) is 0.571. The van der Waals surface area contributed by atoms with Crippen molar-refractivity contribution >= 4 is 15.7 Å². The number of piperidine rings is 1. The van der Waals surface area contributed by atoms with Gasteiger partial charge < -0.3 is 10.5 Å². The maximum Gasteiger partial charge on any atom is 0.246 e. The van der Waals surface area contributed by atoms with Gasteiger partial charge in [-0.2, -0.15) is 4.31 Å². The predicted octanol–water partition coefficient (Wildman–Crippen LogP) is 2.09. The second kappa shape index (κ2) is 5.26. The zero-order valence-corrected chi connectivity index (χ0v) is 13.0. The van der Waals surface area contributed by atoms with E-state index in [1.54, 1.807) is 16.4 Å². The van der Waals surface area contributed by atoms with Gasteiger partial charge in [0.15, 0.2) is 0 Å². The first-order valence-electron chi connectivity index (χ1n) is 6.70. The summed E-state index contributed by atoms with van der Waals surface area (Å²) in [5, 5.41) is 0. The van der Waals surface area contributed by atoms with E-state index in [9.17, 15) is 8.42 Å². The van der Waals surface area contributed by atoms with E-state index in [1.807, 2.05) is 0 Å². The van der Waals surface area contributed by atoms with E-state index in [-0.39, 0.29) is 10.3 Å². The highest BCUT2D eigenvalue weighted by Gasteiger charge is 2.35. The van der Waals surface area contributed by atoms with Crippen molar-refractivity contribution in [3.63, 3.8) is 0 Å². The summed E-state index contributed by atoms with van der Waals surface area (Å²) in [4.78, 5) is 0.187. The quantitative estimate of drug-likeness (QED) is 0.867. The second-order valence-electron chi connectivity index (χ2n) is 6.02. The van der Waals surface area contributed by atoms with E-state index in [4.69, 9.17) is 10.5 Å².